The highest BCUT2D eigenvalue weighted by atomic mass is 16.7. The number of carbonyl (C=O) groups excluding carboxylic acids is 1. The highest BCUT2D eigenvalue weighted by Crippen LogP contribution is 2.35. The zero-order valence-corrected chi connectivity index (χ0v) is 14.5. The maximum absolute atomic E-state index is 12.6. The van der Waals surface area contributed by atoms with Crippen LogP contribution in [0.3, 0.4) is 0 Å². The van der Waals surface area contributed by atoms with Crippen LogP contribution in [-0.2, 0) is 6.61 Å². The van der Waals surface area contributed by atoms with Crippen LogP contribution in [0.1, 0.15) is 36.1 Å². The maximum Gasteiger partial charge on any atom is 0.276 e. The van der Waals surface area contributed by atoms with Crippen LogP contribution in [0.4, 0.5) is 0 Å². The summed E-state index contributed by atoms with van der Waals surface area (Å²) in [4.78, 5) is 18.7. The van der Waals surface area contributed by atoms with Crippen molar-refractivity contribution in [1.29, 1.82) is 0 Å². The molecule has 3 heterocycles. The van der Waals surface area contributed by atoms with Gasteiger partial charge in [-0.15, -0.1) is 0 Å². The van der Waals surface area contributed by atoms with Crippen LogP contribution >= 0.6 is 0 Å². The third kappa shape index (κ3) is 3.24. The molecule has 2 aromatic rings. The number of ether oxygens (including phenoxy) is 3. The van der Waals surface area contributed by atoms with Gasteiger partial charge in [-0.1, -0.05) is 25.5 Å². The minimum absolute atomic E-state index is 0.119. The summed E-state index contributed by atoms with van der Waals surface area (Å²) in [5, 5.41) is 0. The van der Waals surface area contributed by atoms with E-state index in [2.05, 4.69) is 18.0 Å². The Hall–Kier alpha value is -2.96. The van der Waals surface area contributed by atoms with Crippen molar-refractivity contribution in [2.24, 2.45) is 0 Å². The Balaban J connectivity index is 1.38. The van der Waals surface area contributed by atoms with Crippen molar-refractivity contribution in [3.8, 4) is 17.2 Å². The van der Waals surface area contributed by atoms with Crippen LogP contribution in [0.5, 0.6) is 17.2 Å². The average Bonchev–Trinajstić information content (AvgIpc) is 3.39. The van der Waals surface area contributed by atoms with E-state index in [4.69, 9.17) is 18.6 Å². The Bertz CT molecular complexity index is 829. The number of oxazole rings is 1. The number of hydrogen-bond donors (Lipinski definition) is 0. The van der Waals surface area contributed by atoms with E-state index in [1.165, 1.54) is 6.26 Å². The van der Waals surface area contributed by atoms with E-state index >= 15 is 0 Å². The molecule has 1 aromatic carbocycles. The van der Waals surface area contributed by atoms with Gasteiger partial charge < -0.3 is 23.5 Å². The lowest BCUT2D eigenvalue weighted by atomic mass is 10.1. The third-order valence-electron chi connectivity index (χ3n) is 4.38. The molecule has 0 aliphatic carbocycles. The highest BCUT2D eigenvalue weighted by Gasteiger charge is 2.27. The third-order valence-corrected chi connectivity index (χ3v) is 4.38. The second kappa shape index (κ2) is 7.11. The van der Waals surface area contributed by atoms with Crippen LogP contribution < -0.4 is 14.2 Å². The van der Waals surface area contributed by atoms with Crippen LogP contribution in [-0.4, -0.2) is 35.2 Å². The maximum atomic E-state index is 12.6. The standard InChI is InChI=1S/C19H20N2O5/c1-2-4-13-5-3-8-21(13)19(22)15-10-24-18(20-15)11-23-14-6-7-16-17(9-14)26-12-25-16/h3,5-7,9-10,13H,2,4,8,11-12H2,1H3/t13-/m1/s1. The van der Waals surface area contributed by atoms with Crippen molar-refractivity contribution in [3.05, 3.63) is 48.2 Å². The first-order valence-electron chi connectivity index (χ1n) is 8.69. The lowest BCUT2D eigenvalue weighted by Crippen LogP contribution is -2.36. The quantitative estimate of drug-likeness (QED) is 0.740. The molecule has 26 heavy (non-hydrogen) atoms. The average molecular weight is 356 g/mol. The lowest BCUT2D eigenvalue weighted by Gasteiger charge is -2.23. The Morgan fingerprint density at radius 2 is 2.23 bits per heavy atom. The first-order chi connectivity index (χ1) is 12.7. The molecule has 0 saturated carbocycles. The van der Waals surface area contributed by atoms with E-state index in [1.54, 1.807) is 18.2 Å². The predicted octanol–water partition coefficient (Wildman–Crippen LogP) is 3.16. The van der Waals surface area contributed by atoms with Crippen molar-refractivity contribution < 1.29 is 23.4 Å². The van der Waals surface area contributed by atoms with E-state index in [1.807, 2.05) is 11.0 Å². The molecule has 0 saturated heterocycles. The summed E-state index contributed by atoms with van der Waals surface area (Å²) < 4.78 is 21.6. The summed E-state index contributed by atoms with van der Waals surface area (Å²) in [5.74, 6) is 2.19. The summed E-state index contributed by atoms with van der Waals surface area (Å²) in [7, 11) is 0. The molecule has 0 fully saturated rings. The van der Waals surface area contributed by atoms with Gasteiger partial charge in [0.1, 0.15) is 12.0 Å². The monoisotopic (exact) mass is 356 g/mol. The van der Waals surface area contributed by atoms with Gasteiger partial charge in [-0.05, 0) is 18.6 Å². The molecule has 0 radical (unpaired) electrons. The van der Waals surface area contributed by atoms with Crippen molar-refractivity contribution >= 4 is 5.91 Å². The minimum Gasteiger partial charge on any atom is -0.484 e. The molecule has 7 heteroatoms. The van der Waals surface area contributed by atoms with E-state index in [9.17, 15) is 4.79 Å². The lowest BCUT2D eigenvalue weighted by molar-refractivity contribution is 0.0738. The summed E-state index contributed by atoms with van der Waals surface area (Å²) in [6, 6.07) is 5.46. The molecule has 0 N–H and O–H groups in total. The number of rotatable bonds is 6. The van der Waals surface area contributed by atoms with E-state index < -0.39 is 0 Å². The number of nitrogens with zero attached hydrogens (tertiary/aromatic N) is 2. The smallest absolute Gasteiger partial charge is 0.276 e. The largest absolute Gasteiger partial charge is 0.484 e. The second-order valence-electron chi connectivity index (χ2n) is 6.17. The van der Waals surface area contributed by atoms with E-state index in [0.29, 0.717) is 35.4 Å². The summed E-state index contributed by atoms with van der Waals surface area (Å²) in [6.07, 6.45) is 7.45. The zero-order valence-electron chi connectivity index (χ0n) is 14.5. The van der Waals surface area contributed by atoms with Gasteiger partial charge in [0.15, 0.2) is 23.8 Å². The van der Waals surface area contributed by atoms with Crippen LogP contribution in [0, 0.1) is 0 Å². The molecule has 7 nitrogen and oxygen atoms in total. The fourth-order valence-electron chi connectivity index (χ4n) is 3.09. The van der Waals surface area contributed by atoms with Crippen molar-refractivity contribution in [2.75, 3.05) is 13.3 Å². The fourth-order valence-corrected chi connectivity index (χ4v) is 3.09. The number of carbonyl (C=O) groups is 1. The molecular formula is C19H20N2O5. The number of fused-ring (bicyclic) bond motifs is 1. The molecule has 0 spiro atoms. The summed E-state index contributed by atoms with van der Waals surface area (Å²) in [6.45, 7) is 3.06. The SMILES string of the molecule is CCC[C@@H]1C=CCN1C(=O)c1coc(COc2ccc3c(c2)OCO3)n1. The Morgan fingerprint density at radius 3 is 3.12 bits per heavy atom. The van der Waals surface area contributed by atoms with Gasteiger partial charge in [-0.2, -0.15) is 0 Å². The fraction of sp³-hybridized carbons (Fsp3) is 0.368. The molecule has 1 amide bonds. The first kappa shape index (κ1) is 16.5. The van der Waals surface area contributed by atoms with Gasteiger partial charge in [-0.25, -0.2) is 4.98 Å². The number of hydrogen-bond acceptors (Lipinski definition) is 6. The molecule has 2 aliphatic rings. The minimum atomic E-state index is -0.119. The first-order valence-corrected chi connectivity index (χ1v) is 8.69. The molecule has 1 aromatic heterocycles. The predicted molar refractivity (Wildman–Crippen MR) is 92.3 cm³/mol. The Morgan fingerprint density at radius 1 is 1.35 bits per heavy atom. The summed E-state index contributed by atoms with van der Waals surface area (Å²) in [5.41, 5.74) is 0.305. The molecule has 2 aliphatic heterocycles. The van der Waals surface area contributed by atoms with Crippen molar-refractivity contribution in [1.82, 2.24) is 9.88 Å². The van der Waals surface area contributed by atoms with Crippen molar-refractivity contribution in [2.45, 2.75) is 32.4 Å². The second-order valence-corrected chi connectivity index (χ2v) is 6.17. The normalized spacial score (nSPS) is 17.7. The topological polar surface area (TPSA) is 74.0 Å². The number of benzene rings is 1. The van der Waals surface area contributed by atoms with Gasteiger partial charge in [0.05, 0.1) is 6.04 Å². The van der Waals surface area contributed by atoms with Gasteiger partial charge in [0, 0.05) is 12.6 Å². The van der Waals surface area contributed by atoms with Crippen LogP contribution in [0.15, 0.2) is 41.0 Å². The van der Waals surface area contributed by atoms with Gasteiger partial charge in [0.25, 0.3) is 5.91 Å². The highest BCUT2D eigenvalue weighted by molar-refractivity contribution is 5.92. The molecule has 0 bridgehead atoms. The zero-order chi connectivity index (χ0) is 17.9. The van der Waals surface area contributed by atoms with Gasteiger partial charge >= 0.3 is 0 Å². The van der Waals surface area contributed by atoms with E-state index in [0.717, 1.165) is 12.8 Å². The van der Waals surface area contributed by atoms with Gasteiger partial charge in [-0.3, -0.25) is 4.79 Å². The molecule has 4 rings (SSSR count). The summed E-state index contributed by atoms with van der Waals surface area (Å²) >= 11 is 0. The Labute approximate surface area is 151 Å². The van der Waals surface area contributed by atoms with E-state index in [-0.39, 0.29) is 25.3 Å². The molecule has 136 valence electrons. The number of aromatic nitrogens is 1. The number of amides is 1. The molecular weight excluding hydrogens is 336 g/mol. The van der Waals surface area contributed by atoms with Crippen molar-refractivity contribution in [3.63, 3.8) is 0 Å². The molecule has 0 unspecified atom stereocenters. The molecule has 1 atom stereocenters. The Kier molecular flexibility index (Phi) is 4.51. The van der Waals surface area contributed by atoms with Gasteiger partial charge in [0.2, 0.25) is 12.7 Å². The van der Waals surface area contributed by atoms with Crippen LogP contribution in [0.25, 0.3) is 0 Å². The van der Waals surface area contributed by atoms with Crippen LogP contribution in [0.2, 0.25) is 0 Å².